The van der Waals surface area contributed by atoms with Crippen molar-refractivity contribution < 1.29 is 27.5 Å². The number of carbonyl (C=O) groups is 2. The van der Waals surface area contributed by atoms with Gasteiger partial charge in [0.25, 0.3) is 21.8 Å². The summed E-state index contributed by atoms with van der Waals surface area (Å²) in [6.45, 7) is -0.439. The van der Waals surface area contributed by atoms with Crippen LogP contribution in [0.25, 0.3) is 6.08 Å². The van der Waals surface area contributed by atoms with E-state index in [4.69, 9.17) is 21.7 Å². The molecular formula is C20H19N3O6S3. The molecule has 0 aromatic heterocycles. The summed E-state index contributed by atoms with van der Waals surface area (Å²) >= 11 is 6.26. The minimum Gasteiger partial charge on any atom is -0.493 e. The van der Waals surface area contributed by atoms with Crippen LogP contribution in [-0.4, -0.2) is 50.2 Å². The fourth-order valence-electron chi connectivity index (χ4n) is 2.70. The van der Waals surface area contributed by atoms with E-state index in [9.17, 15) is 18.0 Å². The number of hydrogen-bond donors (Lipinski definition) is 2. The second-order valence-electron chi connectivity index (χ2n) is 6.35. The molecule has 0 bridgehead atoms. The Morgan fingerprint density at radius 1 is 1.12 bits per heavy atom. The number of nitrogens with zero attached hydrogens (tertiary/aromatic N) is 1. The van der Waals surface area contributed by atoms with Crippen LogP contribution >= 0.6 is 24.0 Å². The van der Waals surface area contributed by atoms with Gasteiger partial charge in [-0.2, -0.15) is 0 Å². The van der Waals surface area contributed by atoms with Crippen molar-refractivity contribution in [1.82, 2.24) is 15.2 Å². The number of hydrogen-bond acceptors (Lipinski definition) is 8. The maximum absolute atomic E-state index is 12.7. The molecule has 0 saturated carbocycles. The molecule has 1 saturated heterocycles. The summed E-state index contributed by atoms with van der Waals surface area (Å²) in [4.78, 5) is 28.4. The normalized spacial score (nSPS) is 15.2. The van der Waals surface area contributed by atoms with Crippen molar-refractivity contribution in [3.05, 3.63) is 59.0 Å². The van der Waals surface area contributed by atoms with E-state index in [0.717, 1.165) is 16.7 Å². The highest BCUT2D eigenvalue weighted by atomic mass is 32.2. The van der Waals surface area contributed by atoms with Crippen LogP contribution in [0.5, 0.6) is 11.5 Å². The number of hydrazine groups is 1. The van der Waals surface area contributed by atoms with Crippen LogP contribution < -0.4 is 19.7 Å². The molecule has 0 aliphatic carbocycles. The average molecular weight is 494 g/mol. The van der Waals surface area contributed by atoms with Crippen LogP contribution in [0, 0.1) is 0 Å². The van der Waals surface area contributed by atoms with E-state index in [1.165, 1.54) is 26.4 Å². The van der Waals surface area contributed by atoms with Gasteiger partial charge in [0, 0.05) is 0 Å². The summed E-state index contributed by atoms with van der Waals surface area (Å²) in [5.41, 5.74) is 2.78. The maximum Gasteiger partial charge on any atom is 0.266 e. The van der Waals surface area contributed by atoms with Crippen LogP contribution in [-0.2, 0) is 19.6 Å². The third-order valence-electron chi connectivity index (χ3n) is 4.26. The molecule has 168 valence electrons. The molecule has 9 nitrogen and oxygen atoms in total. The van der Waals surface area contributed by atoms with E-state index >= 15 is 0 Å². The Balaban J connectivity index is 1.66. The molecule has 1 aliphatic rings. The Bertz CT molecular complexity index is 1180. The van der Waals surface area contributed by atoms with Gasteiger partial charge in [-0.1, -0.05) is 48.2 Å². The monoisotopic (exact) mass is 493 g/mol. The van der Waals surface area contributed by atoms with E-state index in [0.29, 0.717) is 22.0 Å². The molecular weight excluding hydrogens is 474 g/mol. The first kappa shape index (κ1) is 23.7. The summed E-state index contributed by atoms with van der Waals surface area (Å²) in [5.74, 6) is -0.155. The lowest BCUT2D eigenvalue weighted by atomic mass is 10.2. The van der Waals surface area contributed by atoms with Gasteiger partial charge in [-0.05, 0) is 35.9 Å². The molecule has 12 heteroatoms. The predicted molar refractivity (Wildman–Crippen MR) is 124 cm³/mol. The highest BCUT2D eigenvalue weighted by molar-refractivity contribution is 8.26. The van der Waals surface area contributed by atoms with Crippen LogP contribution in [0.2, 0.25) is 0 Å². The molecule has 32 heavy (non-hydrogen) atoms. The largest absolute Gasteiger partial charge is 0.493 e. The van der Waals surface area contributed by atoms with Gasteiger partial charge in [0.2, 0.25) is 0 Å². The lowest BCUT2D eigenvalue weighted by Crippen LogP contribution is -2.47. The van der Waals surface area contributed by atoms with Crippen molar-refractivity contribution in [3.63, 3.8) is 0 Å². The molecule has 0 radical (unpaired) electrons. The first-order valence-corrected chi connectivity index (χ1v) is 11.8. The molecule has 2 aromatic rings. The molecule has 2 amide bonds. The van der Waals surface area contributed by atoms with E-state index < -0.39 is 28.4 Å². The number of ether oxygens (including phenoxy) is 2. The minimum absolute atomic E-state index is 0.0104. The smallest absolute Gasteiger partial charge is 0.266 e. The van der Waals surface area contributed by atoms with Gasteiger partial charge in [-0.3, -0.25) is 19.9 Å². The molecule has 1 heterocycles. The molecule has 2 aromatic carbocycles. The Morgan fingerprint density at radius 3 is 2.47 bits per heavy atom. The number of sulfonamides is 1. The minimum atomic E-state index is -3.94. The van der Waals surface area contributed by atoms with E-state index in [1.54, 1.807) is 42.5 Å². The summed E-state index contributed by atoms with van der Waals surface area (Å²) in [6, 6.07) is 12.7. The molecule has 2 N–H and O–H groups in total. The summed E-state index contributed by atoms with van der Waals surface area (Å²) in [6.07, 6.45) is 1.62. The summed E-state index contributed by atoms with van der Waals surface area (Å²) in [5, 5.41) is 0. The number of benzene rings is 2. The van der Waals surface area contributed by atoms with Crippen LogP contribution in [0.1, 0.15) is 5.56 Å². The lowest BCUT2D eigenvalue weighted by Gasteiger charge is -2.14. The molecule has 0 spiro atoms. The van der Waals surface area contributed by atoms with Crippen molar-refractivity contribution >= 4 is 56.2 Å². The Hall–Kier alpha value is -2.93. The quantitative estimate of drug-likeness (QED) is 0.326. The third-order valence-corrected chi connectivity index (χ3v) is 6.90. The Kier molecular flexibility index (Phi) is 7.51. The number of methoxy groups -OCH3 is 2. The van der Waals surface area contributed by atoms with E-state index in [1.807, 2.05) is 4.83 Å². The highest BCUT2D eigenvalue weighted by Gasteiger charge is 2.33. The van der Waals surface area contributed by atoms with Crippen molar-refractivity contribution in [2.24, 2.45) is 0 Å². The van der Waals surface area contributed by atoms with Gasteiger partial charge >= 0.3 is 0 Å². The Morgan fingerprint density at radius 2 is 1.81 bits per heavy atom. The van der Waals surface area contributed by atoms with Crippen molar-refractivity contribution in [2.75, 3.05) is 20.8 Å². The fraction of sp³-hybridized carbons (Fsp3) is 0.150. The summed E-state index contributed by atoms with van der Waals surface area (Å²) < 4.78 is 35.0. The third kappa shape index (κ3) is 5.46. The van der Waals surface area contributed by atoms with Gasteiger partial charge in [-0.15, -0.1) is 4.83 Å². The fourth-order valence-corrected chi connectivity index (χ4v) is 4.83. The van der Waals surface area contributed by atoms with Gasteiger partial charge in [0.15, 0.2) is 11.5 Å². The first-order valence-electron chi connectivity index (χ1n) is 9.08. The van der Waals surface area contributed by atoms with Gasteiger partial charge in [0.05, 0.1) is 24.0 Å². The van der Waals surface area contributed by atoms with Crippen LogP contribution in [0.15, 0.2) is 58.3 Å². The molecule has 1 fully saturated rings. The number of thiocarbonyl (C=S) groups is 1. The average Bonchev–Trinajstić information content (AvgIpc) is 3.05. The molecule has 0 atom stereocenters. The number of amides is 2. The number of thioether (sulfide) groups is 1. The topological polar surface area (TPSA) is 114 Å². The predicted octanol–water partition coefficient (Wildman–Crippen LogP) is 1.91. The van der Waals surface area contributed by atoms with Gasteiger partial charge in [-0.25, -0.2) is 8.42 Å². The number of rotatable bonds is 8. The summed E-state index contributed by atoms with van der Waals surface area (Å²) in [7, 11) is -0.910. The van der Waals surface area contributed by atoms with E-state index in [2.05, 4.69) is 5.43 Å². The second kappa shape index (κ2) is 10.1. The van der Waals surface area contributed by atoms with Crippen LogP contribution in [0.4, 0.5) is 0 Å². The van der Waals surface area contributed by atoms with Crippen molar-refractivity contribution in [1.29, 1.82) is 0 Å². The number of nitrogens with one attached hydrogen (secondary N) is 2. The maximum atomic E-state index is 12.7. The van der Waals surface area contributed by atoms with Gasteiger partial charge in [0.1, 0.15) is 10.9 Å². The van der Waals surface area contributed by atoms with Crippen LogP contribution in [0.3, 0.4) is 0 Å². The zero-order valence-electron chi connectivity index (χ0n) is 17.0. The van der Waals surface area contributed by atoms with Crippen molar-refractivity contribution in [2.45, 2.75) is 4.90 Å². The molecule has 0 unspecified atom stereocenters. The molecule has 3 rings (SSSR count). The van der Waals surface area contributed by atoms with Crippen molar-refractivity contribution in [3.8, 4) is 11.5 Å². The molecule has 1 aliphatic heterocycles. The zero-order chi connectivity index (χ0) is 23.3. The Labute approximate surface area is 194 Å². The number of carbonyl (C=O) groups excluding carboxylic acids is 2. The first-order chi connectivity index (χ1) is 15.2. The lowest BCUT2D eigenvalue weighted by molar-refractivity contribution is -0.128. The van der Waals surface area contributed by atoms with Gasteiger partial charge < -0.3 is 9.47 Å². The zero-order valence-corrected chi connectivity index (χ0v) is 19.5. The van der Waals surface area contributed by atoms with E-state index in [-0.39, 0.29) is 9.22 Å². The second-order valence-corrected chi connectivity index (χ2v) is 9.71. The standard InChI is InChI=1S/C20H19N3O6S3/c1-28-15-9-8-13(10-16(15)29-2)11-17-19(25)23(20(30)31-17)12-18(24)21-22-32(26,27)14-6-4-3-5-7-14/h3-11,22H,12H2,1-2H3,(H,21,24). The highest BCUT2D eigenvalue weighted by Crippen LogP contribution is 2.34. The SMILES string of the molecule is COc1ccc(C=C2SC(=S)N(CC(=O)NNS(=O)(=O)c3ccccc3)C2=O)cc1OC.